The zero-order valence-electron chi connectivity index (χ0n) is 36.4. The molecule has 0 bridgehead atoms. The summed E-state index contributed by atoms with van der Waals surface area (Å²) in [5.74, 6) is -0.171. The highest BCUT2D eigenvalue weighted by atomic mass is 16.2. The topological polar surface area (TPSA) is 165 Å². The van der Waals surface area contributed by atoms with Gasteiger partial charge in [0.25, 0.3) is 17.0 Å². The smallest absolute Gasteiger partial charge is 0.348 e. The molecule has 0 unspecified atom stereocenters. The lowest BCUT2D eigenvalue weighted by Crippen LogP contribution is -2.28. The van der Waals surface area contributed by atoms with Gasteiger partial charge in [-0.1, -0.05) is 97.1 Å². The minimum absolute atomic E-state index is 0.0648. The Morgan fingerprint density at radius 2 is 1.02 bits per heavy atom. The van der Waals surface area contributed by atoms with Crippen LogP contribution in [0.3, 0.4) is 0 Å². The fourth-order valence-corrected chi connectivity index (χ4v) is 7.75. The summed E-state index contributed by atoms with van der Waals surface area (Å²) >= 11 is 0. The Morgan fingerprint density at radius 3 is 1.50 bits per heavy atom. The van der Waals surface area contributed by atoms with E-state index in [0.717, 1.165) is 45.7 Å². The third-order valence-corrected chi connectivity index (χ3v) is 11.0. The first-order chi connectivity index (χ1) is 29.8. The highest BCUT2D eigenvalue weighted by Gasteiger charge is 2.20. The summed E-state index contributed by atoms with van der Waals surface area (Å²) in [6, 6.07) is 41.3. The first-order valence-electron chi connectivity index (χ1n) is 20.4. The number of carbonyl (C=O) groups excluding carboxylic acids is 3. The van der Waals surface area contributed by atoms with E-state index in [-0.39, 0.29) is 29.7 Å². The number of nitrogens with one attached hydrogen (secondary N) is 3. The zero-order valence-corrected chi connectivity index (χ0v) is 36.4. The van der Waals surface area contributed by atoms with Gasteiger partial charge in [-0.15, -0.1) is 0 Å². The molecule has 0 saturated carbocycles. The number of benzene rings is 4. The Hall–Kier alpha value is -7.33. The first kappa shape index (κ1) is 45.7. The standard InChI is InChI=1S/C25H25N3O2.C17H17N.C8H12N2O.CO2/c1-16-13-17(2)27-24(29)21(16)14-26-25(30)23-18(3)28(15-19-9-5-4-6-10-19)22-12-8-7-11-20(22)23;1-13-14(2)18(12-15-8-4-3-5-9-15)17-11-7-6-10-16(13)17;1-5-3-6(2)10-8(11)7(5)4-9;2-1-3/h4-13H,14-15H2,1-3H3,(H,26,30)(H,27,29);3-11H,12H2,1-2H3;3H,4,9H2,1-2H3,(H,10,11);. The Labute approximate surface area is 361 Å². The highest BCUT2D eigenvalue weighted by Crippen LogP contribution is 2.28. The monoisotopic (exact) mass is 830 g/mol. The van der Waals surface area contributed by atoms with Crippen LogP contribution in [0.2, 0.25) is 0 Å². The zero-order chi connectivity index (χ0) is 44.9. The largest absolute Gasteiger partial charge is 0.373 e. The van der Waals surface area contributed by atoms with Crippen LogP contribution in [-0.2, 0) is 35.8 Å². The second-order valence-electron chi connectivity index (χ2n) is 15.2. The highest BCUT2D eigenvalue weighted by molar-refractivity contribution is 6.08. The average molecular weight is 831 g/mol. The molecule has 0 saturated heterocycles. The van der Waals surface area contributed by atoms with Crippen molar-refractivity contribution in [2.24, 2.45) is 5.73 Å². The predicted molar refractivity (Wildman–Crippen MR) is 246 cm³/mol. The number of fused-ring (bicyclic) bond motifs is 2. The molecule has 0 aliphatic carbocycles. The summed E-state index contributed by atoms with van der Waals surface area (Å²) in [4.78, 5) is 58.4. The van der Waals surface area contributed by atoms with E-state index in [4.69, 9.17) is 15.3 Å². The summed E-state index contributed by atoms with van der Waals surface area (Å²) in [6.45, 7) is 16.0. The van der Waals surface area contributed by atoms with Crippen molar-refractivity contribution < 1.29 is 14.4 Å². The number of rotatable bonds is 8. The van der Waals surface area contributed by atoms with Crippen LogP contribution in [-0.4, -0.2) is 31.2 Å². The summed E-state index contributed by atoms with van der Waals surface area (Å²) in [5.41, 5.74) is 19.1. The van der Waals surface area contributed by atoms with Gasteiger partial charge in [0, 0.05) is 81.9 Å². The van der Waals surface area contributed by atoms with Crippen molar-refractivity contribution in [1.82, 2.24) is 24.4 Å². The lowest BCUT2D eigenvalue weighted by atomic mass is 10.1. The number of H-pyrrole nitrogens is 2. The molecular weight excluding hydrogens is 777 g/mol. The van der Waals surface area contributed by atoms with Crippen molar-refractivity contribution >= 4 is 33.9 Å². The van der Waals surface area contributed by atoms with Crippen LogP contribution < -0.4 is 22.2 Å². The third kappa shape index (κ3) is 10.9. The van der Waals surface area contributed by atoms with E-state index in [1.165, 1.54) is 33.3 Å². The molecule has 0 spiro atoms. The van der Waals surface area contributed by atoms with Gasteiger partial charge in [-0.05, 0) is 101 Å². The van der Waals surface area contributed by atoms with Gasteiger partial charge in [-0.2, -0.15) is 9.59 Å². The van der Waals surface area contributed by atoms with Crippen molar-refractivity contribution in [3.05, 3.63) is 209 Å². The molecule has 0 aliphatic heterocycles. The summed E-state index contributed by atoms with van der Waals surface area (Å²) in [6.07, 6.45) is 0.250. The van der Waals surface area contributed by atoms with E-state index in [0.29, 0.717) is 29.8 Å². The molecule has 1 amide bonds. The Kier molecular flexibility index (Phi) is 15.7. The van der Waals surface area contributed by atoms with E-state index in [1.54, 1.807) is 0 Å². The number of hydrogen-bond acceptors (Lipinski definition) is 6. The van der Waals surface area contributed by atoms with Gasteiger partial charge >= 0.3 is 6.15 Å². The van der Waals surface area contributed by atoms with Gasteiger partial charge in [0.2, 0.25) is 0 Å². The molecule has 62 heavy (non-hydrogen) atoms. The van der Waals surface area contributed by atoms with Crippen molar-refractivity contribution in [1.29, 1.82) is 0 Å². The molecule has 4 heterocycles. The van der Waals surface area contributed by atoms with Gasteiger partial charge < -0.3 is 30.2 Å². The number of aryl methyl sites for hydroxylation is 5. The van der Waals surface area contributed by atoms with Crippen molar-refractivity contribution in [2.75, 3.05) is 0 Å². The number of hydrogen-bond donors (Lipinski definition) is 4. The summed E-state index contributed by atoms with van der Waals surface area (Å²) in [7, 11) is 0. The number of nitrogens with two attached hydrogens (primary N) is 1. The molecule has 5 N–H and O–H groups in total. The molecule has 11 heteroatoms. The van der Waals surface area contributed by atoms with Crippen LogP contribution in [0.4, 0.5) is 0 Å². The van der Waals surface area contributed by atoms with Crippen LogP contribution in [0.5, 0.6) is 0 Å². The maximum absolute atomic E-state index is 13.2. The normalized spacial score (nSPS) is 10.5. The number of para-hydroxylation sites is 2. The molecule has 8 aromatic rings. The van der Waals surface area contributed by atoms with E-state index < -0.39 is 0 Å². The third-order valence-electron chi connectivity index (χ3n) is 11.0. The molecule has 4 aromatic heterocycles. The van der Waals surface area contributed by atoms with Crippen LogP contribution in [0.25, 0.3) is 21.8 Å². The second-order valence-corrected chi connectivity index (χ2v) is 15.2. The minimum atomic E-state index is -0.171. The average Bonchev–Trinajstić information content (AvgIpc) is 3.66. The molecule has 318 valence electrons. The molecular formula is C51H54N6O5. The van der Waals surface area contributed by atoms with Gasteiger partial charge in [-0.25, -0.2) is 0 Å². The summed E-state index contributed by atoms with van der Waals surface area (Å²) < 4.78 is 4.57. The Morgan fingerprint density at radius 1 is 0.597 bits per heavy atom. The molecule has 4 aromatic carbocycles. The second kappa shape index (κ2) is 21.3. The van der Waals surface area contributed by atoms with E-state index >= 15 is 0 Å². The fourth-order valence-electron chi connectivity index (χ4n) is 7.75. The first-order valence-corrected chi connectivity index (χ1v) is 20.4. The molecule has 0 atom stereocenters. The lowest BCUT2D eigenvalue weighted by molar-refractivity contribution is -0.191. The van der Waals surface area contributed by atoms with Crippen molar-refractivity contribution in [3.63, 3.8) is 0 Å². The van der Waals surface area contributed by atoms with Crippen LogP contribution in [0.15, 0.2) is 131 Å². The van der Waals surface area contributed by atoms with Gasteiger partial charge in [-0.3, -0.25) is 14.4 Å². The maximum atomic E-state index is 13.2. The number of pyridine rings is 2. The van der Waals surface area contributed by atoms with E-state index in [2.05, 4.69) is 105 Å². The molecule has 0 fully saturated rings. The fraction of sp³-hybridized carbons (Fsp3) is 0.216. The SMILES string of the molecule is Cc1c(C)n(Cc2ccccc2)c2ccccc12.Cc1cc(C)c(CN)c(=O)[nH]1.Cc1cc(C)c(CNC(=O)c2c(C)n(Cc3ccccc3)c3ccccc23)c(=O)[nH]1.O=C=O. The van der Waals surface area contributed by atoms with E-state index in [9.17, 15) is 14.4 Å². The number of amides is 1. The maximum Gasteiger partial charge on any atom is 0.373 e. The van der Waals surface area contributed by atoms with Crippen LogP contribution >= 0.6 is 0 Å². The van der Waals surface area contributed by atoms with Crippen LogP contribution in [0.1, 0.15) is 72.1 Å². The minimum Gasteiger partial charge on any atom is -0.348 e. The van der Waals surface area contributed by atoms with E-state index in [1.807, 2.05) is 89.2 Å². The summed E-state index contributed by atoms with van der Waals surface area (Å²) in [5, 5.41) is 5.24. The Bertz CT molecular complexity index is 2950. The van der Waals surface area contributed by atoms with Crippen molar-refractivity contribution in [3.8, 4) is 0 Å². The predicted octanol–water partition coefficient (Wildman–Crippen LogP) is 8.41. The number of nitrogens with zero attached hydrogens (tertiary/aromatic N) is 2. The number of aromatic nitrogens is 4. The van der Waals surface area contributed by atoms with Gasteiger partial charge in [0.15, 0.2) is 0 Å². The molecule has 11 nitrogen and oxygen atoms in total. The van der Waals surface area contributed by atoms with Gasteiger partial charge in [0.1, 0.15) is 0 Å². The quantitative estimate of drug-likeness (QED) is 0.120. The molecule has 0 radical (unpaired) electrons. The molecule has 8 rings (SSSR count). The van der Waals surface area contributed by atoms with Gasteiger partial charge in [0.05, 0.1) is 5.56 Å². The van der Waals surface area contributed by atoms with Crippen LogP contribution in [0, 0.1) is 48.5 Å². The number of carbonyl (C=O) groups is 1. The Balaban J connectivity index is 0.000000191. The molecule has 0 aliphatic rings. The lowest BCUT2D eigenvalue weighted by Gasteiger charge is -2.10. The van der Waals surface area contributed by atoms with Crippen molar-refractivity contribution in [2.45, 2.75) is 74.6 Å². The number of aromatic amines is 2.